The standard InChI is InChI=1S/C14H13FN2O2S/c1-10-3-2-4-13(16-10)8-17-14-7-12(15)6-5-11(14)9-20(17,18)19/h2-7H,8-9H2,1H3. The Morgan fingerprint density at radius 2 is 2.10 bits per heavy atom. The topological polar surface area (TPSA) is 50.3 Å². The van der Waals surface area contributed by atoms with E-state index in [4.69, 9.17) is 0 Å². The van der Waals surface area contributed by atoms with Gasteiger partial charge < -0.3 is 0 Å². The fourth-order valence-electron chi connectivity index (χ4n) is 2.33. The van der Waals surface area contributed by atoms with Gasteiger partial charge in [0.1, 0.15) is 5.82 Å². The molecule has 0 amide bonds. The predicted octanol–water partition coefficient (Wildman–Crippen LogP) is 2.38. The third-order valence-corrected chi connectivity index (χ3v) is 4.91. The molecule has 0 radical (unpaired) electrons. The lowest BCUT2D eigenvalue weighted by Gasteiger charge is -2.18. The first-order valence-corrected chi connectivity index (χ1v) is 7.78. The van der Waals surface area contributed by atoms with Crippen molar-refractivity contribution in [3.8, 4) is 0 Å². The van der Waals surface area contributed by atoms with Crippen LogP contribution in [0.25, 0.3) is 0 Å². The Balaban J connectivity index is 2.02. The number of hydrogen-bond donors (Lipinski definition) is 0. The summed E-state index contributed by atoms with van der Waals surface area (Å²) in [7, 11) is -3.45. The van der Waals surface area contributed by atoms with Gasteiger partial charge in [0.05, 0.1) is 23.7 Å². The summed E-state index contributed by atoms with van der Waals surface area (Å²) >= 11 is 0. The molecular formula is C14H13FN2O2S. The molecule has 0 saturated carbocycles. The number of rotatable bonds is 2. The molecular weight excluding hydrogens is 279 g/mol. The lowest BCUT2D eigenvalue weighted by molar-refractivity contribution is 0.592. The molecule has 1 aliphatic heterocycles. The van der Waals surface area contributed by atoms with Gasteiger partial charge in [-0.15, -0.1) is 0 Å². The largest absolute Gasteiger partial charge is 0.264 e. The van der Waals surface area contributed by atoms with Gasteiger partial charge in [-0.05, 0) is 36.8 Å². The van der Waals surface area contributed by atoms with Crippen LogP contribution in [0.15, 0.2) is 36.4 Å². The summed E-state index contributed by atoms with van der Waals surface area (Å²) in [5.74, 6) is -0.530. The van der Waals surface area contributed by atoms with Crippen molar-refractivity contribution in [2.45, 2.75) is 19.2 Å². The van der Waals surface area contributed by atoms with Crippen molar-refractivity contribution in [3.05, 3.63) is 59.2 Å². The number of sulfonamides is 1. The first-order valence-electron chi connectivity index (χ1n) is 6.17. The van der Waals surface area contributed by atoms with Crippen molar-refractivity contribution in [2.75, 3.05) is 4.31 Å². The molecule has 1 aromatic heterocycles. The number of hydrogen-bond acceptors (Lipinski definition) is 3. The highest BCUT2D eigenvalue weighted by Gasteiger charge is 2.33. The second-order valence-electron chi connectivity index (χ2n) is 4.81. The lowest BCUT2D eigenvalue weighted by atomic mass is 10.2. The van der Waals surface area contributed by atoms with Crippen LogP contribution in [0.1, 0.15) is 17.0 Å². The minimum Gasteiger partial charge on any atom is -0.264 e. The Morgan fingerprint density at radius 1 is 1.30 bits per heavy atom. The van der Waals surface area contributed by atoms with Crippen LogP contribution in [0.4, 0.5) is 10.1 Å². The number of fused-ring (bicyclic) bond motifs is 1. The summed E-state index contributed by atoms with van der Waals surface area (Å²) < 4.78 is 39.0. The summed E-state index contributed by atoms with van der Waals surface area (Å²) in [6, 6.07) is 9.49. The van der Waals surface area contributed by atoms with Crippen LogP contribution in [0.2, 0.25) is 0 Å². The molecule has 0 spiro atoms. The summed E-state index contributed by atoms with van der Waals surface area (Å²) in [6.07, 6.45) is 0. The summed E-state index contributed by atoms with van der Waals surface area (Å²) in [4.78, 5) is 4.30. The number of nitrogens with zero attached hydrogens (tertiary/aromatic N) is 2. The van der Waals surface area contributed by atoms with Gasteiger partial charge in [0.25, 0.3) is 0 Å². The first-order chi connectivity index (χ1) is 9.45. The van der Waals surface area contributed by atoms with Crippen molar-refractivity contribution in [3.63, 3.8) is 0 Å². The SMILES string of the molecule is Cc1cccc(CN2c3cc(F)ccc3CS2(=O)=O)n1. The molecule has 0 atom stereocenters. The van der Waals surface area contributed by atoms with Crippen molar-refractivity contribution in [1.29, 1.82) is 0 Å². The van der Waals surface area contributed by atoms with Gasteiger partial charge in [-0.25, -0.2) is 12.8 Å². The highest BCUT2D eigenvalue weighted by molar-refractivity contribution is 7.92. The molecule has 20 heavy (non-hydrogen) atoms. The fourth-order valence-corrected chi connectivity index (χ4v) is 3.93. The maximum Gasteiger partial charge on any atom is 0.239 e. The van der Waals surface area contributed by atoms with E-state index in [1.807, 2.05) is 19.1 Å². The van der Waals surface area contributed by atoms with E-state index < -0.39 is 15.8 Å². The molecule has 0 unspecified atom stereocenters. The zero-order chi connectivity index (χ0) is 14.3. The molecule has 2 heterocycles. The molecule has 104 valence electrons. The number of benzene rings is 1. The van der Waals surface area contributed by atoms with Gasteiger partial charge in [-0.2, -0.15) is 0 Å². The van der Waals surface area contributed by atoms with Gasteiger partial charge in [0.15, 0.2) is 0 Å². The molecule has 0 saturated heterocycles. The maximum absolute atomic E-state index is 13.4. The number of halogens is 1. The Morgan fingerprint density at radius 3 is 2.85 bits per heavy atom. The van der Waals surface area contributed by atoms with Gasteiger partial charge >= 0.3 is 0 Å². The average molecular weight is 292 g/mol. The van der Waals surface area contributed by atoms with Crippen LogP contribution in [0.3, 0.4) is 0 Å². The molecule has 4 nitrogen and oxygen atoms in total. The van der Waals surface area contributed by atoms with Gasteiger partial charge in [-0.3, -0.25) is 9.29 Å². The molecule has 2 aromatic rings. The van der Waals surface area contributed by atoms with E-state index in [0.717, 1.165) is 5.69 Å². The second kappa shape index (κ2) is 4.56. The molecule has 1 aliphatic rings. The average Bonchev–Trinajstić information content (AvgIpc) is 2.61. The summed E-state index contributed by atoms with van der Waals surface area (Å²) in [5.41, 5.74) is 2.50. The van der Waals surface area contributed by atoms with E-state index in [-0.39, 0.29) is 12.3 Å². The molecule has 0 N–H and O–H groups in total. The molecule has 6 heteroatoms. The van der Waals surface area contributed by atoms with Crippen LogP contribution in [-0.4, -0.2) is 13.4 Å². The van der Waals surface area contributed by atoms with E-state index in [0.29, 0.717) is 16.9 Å². The van der Waals surface area contributed by atoms with Gasteiger partial charge in [0, 0.05) is 5.69 Å². The van der Waals surface area contributed by atoms with E-state index in [9.17, 15) is 12.8 Å². The third-order valence-electron chi connectivity index (χ3n) is 3.24. The minimum absolute atomic E-state index is 0.0889. The summed E-state index contributed by atoms with van der Waals surface area (Å²) in [6.45, 7) is 1.97. The molecule has 3 rings (SSSR count). The molecule has 0 bridgehead atoms. The smallest absolute Gasteiger partial charge is 0.239 e. The summed E-state index contributed by atoms with van der Waals surface area (Å²) in [5, 5.41) is 0. The van der Waals surface area contributed by atoms with Crippen molar-refractivity contribution in [1.82, 2.24) is 4.98 Å². The Labute approximate surface area is 116 Å². The van der Waals surface area contributed by atoms with Crippen LogP contribution in [-0.2, 0) is 22.3 Å². The lowest BCUT2D eigenvalue weighted by Crippen LogP contribution is -2.26. The van der Waals surface area contributed by atoms with Crippen molar-refractivity contribution < 1.29 is 12.8 Å². The van der Waals surface area contributed by atoms with Crippen LogP contribution in [0.5, 0.6) is 0 Å². The van der Waals surface area contributed by atoms with E-state index in [1.54, 1.807) is 6.07 Å². The van der Waals surface area contributed by atoms with Crippen LogP contribution in [0, 0.1) is 12.7 Å². The van der Waals surface area contributed by atoms with Crippen molar-refractivity contribution in [2.24, 2.45) is 0 Å². The zero-order valence-electron chi connectivity index (χ0n) is 10.9. The van der Waals surface area contributed by atoms with Crippen LogP contribution >= 0.6 is 0 Å². The van der Waals surface area contributed by atoms with Gasteiger partial charge in [0.2, 0.25) is 10.0 Å². The quantitative estimate of drug-likeness (QED) is 0.854. The highest BCUT2D eigenvalue weighted by Crippen LogP contribution is 2.35. The third kappa shape index (κ3) is 2.27. The number of aryl methyl sites for hydroxylation is 1. The van der Waals surface area contributed by atoms with Gasteiger partial charge in [-0.1, -0.05) is 12.1 Å². The second-order valence-corrected chi connectivity index (χ2v) is 6.70. The first kappa shape index (κ1) is 13.1. The Hall–Kier alpha value is -1.95. The zero-order valence-corrected chi connectivity index (χ0v) is 11.7. The maximum atomic E-state index is 13.4. The van der Waals surface area contributed by atoms with Crippen molar-refractivity contribution >= 4 is 15.7 Å². The number of aromatic nitrogens is 1. The molecule has 0 aliphatic carbocycles. The van der Waals surface area contributed by atoms with Crippen LogP contribution < -0.4 is 4.31 Å². The molecule has 0 fully saturated rings. The molecule has 1 aromatic carbocycles. The number of anilines is 1. The fraction of sp³-hybridized carbons (Fsp3) is 0.214. The monoisotopic (exact) mass is 292 g/mol. The Bertz CT molecular complexity index is 774. The predicted molar refractivity (Wildman–Crippen MR) is 74.2 cm³/mol. The van der Waals surface area contributed by atoms with E-state index in [1.165, 1.54) is 22.5 Å². The highest BCUT2D eigenvalue weighted by atomic mass is 32.2. The van der Waals surface area contributed by atoms with E-state index >= 15 is 0 Å². The minimum atomic E-state index is -3.45. The normalized spacial score (nSPS) is 16.2. The Kier molecular flexibility index (Phi) is 2.97. The number of pyridine rings is 1. The van der Waals surface area contributed by atoms with E-state index in [2.05, 4.69) is 4.98 Å².